The van der Waals surface area contributed by atoms with Crippen LogP contribution < -0.4 is 10.5 Å². The largest absolute Gasteiger partial charge is 0.480 e. The predicted molar refractivity (Wildman–Crippen MR) is 85.2 cm³/mol. The number of hydrogen-bond donors (Lipinski definition) is 1. The fourth-order valence-corrected chi connectivity index (χ4v) is 2.95. The van der Waals surface area contributed by atoms with Gasteiger partial charge in [-0.25, -0.2) is 4.98 Å². The van der Waals surface area contributed by atoms with Crippen LogP contribution in [0, 0.1) is 13.8 Å². The van der Waals surface area contributed by atoms with E-state index in [2.05, 4.69) is 10.1 Å². The second-order valence-electron chi connectivity index (χ2n) is 6.09. The molecule has 1 amide bonds. The summed E-state index contributed by atoms with van der Waals surface area (Å²) in [6, 6.07) is 2.30. The van der Waals surface area contributed by atoms with Gasteiger partial charge in [0.2, 0.25) is 12.0 Å². The van der Waals surface area contributed by atoms with Crippen molar-refractivity contribution >= 4 is 11.7 Å². The fraction of sp³-hybridized carbons (Fsp3) is 0.562. The van der Waals surface area contributed by atoms with Crippen molar-refractivity contribution in [1.29, 1.82) is 0 Å². The van der Waals surface area contributed by atoms with Gasteiger partial charge in [0.1, 0.15) is 0 Å². The Morgan fingerprint density at radius 3 is 2.78 bits per heavy atom. The Labute approximate surface area is 135 Å². The molecule has 2 N–H and O–H groups in total. The summed E-state index contributed by atoms with van der Waals surface area (Å²) in [5.74, 6) is 0.587. The second-order valence-corrected chi connectivity index (χ2v) is 6.09. The average molecular weight is 318 g/mol. The Morgan fingerprint density at radius 1 is 1.39 bits per heavy atom. The molecule has 2 heterocycles. The molecule has 0 radical (unpaired) electrons. The SMILES string of the molecule is COc1nc(C)cc(C)c1C(N)=NOC1CCN(C2CC2)C1=O. The van der Waals surface area contributed by atoms with Crippen molar-refractivity contribution in [1.82, 2.24) is 9.88 Å². The summed E-state index contributed by atoms with van der Waals surface area (Å²) < 4.78 is 5.28. The van der Waals surface area contributed by atoms with Crippen molar-refractivity contribution in [2.75, 3.05) is 13.7 Å². The number of methoxy groups -OCH3 is 1. The molecule has 124 valence electrons. The number of carbonyl (C=O) groups is 1. The van der Waals surface area contributed by atoms with Gasteiger partial charge in [0.05, 0.1) is 12.7 Å². The van der Waals surface area contributed by atoms with E-state index >= 15 is 0 Å². The van der Waals surface area contributed by atoms with Crippen LogP contribution in [0.3, 0.4) is 0 Å². The number of likely N-dealkylation sites (tertiary alicyclic amines) is 1. The van der Waals surface area contributed by atoms with E-state index < -0.39 is 6.10 Å². The molecule has 2 fully saturated rings. The number of hydrogen-bond acceptors (Lipinski definition) is 5. The van der Waals surface area contributed by atoms with Crippen LogP contribution in [0.15, 0.2) is 11.2 Å². The normalized spacial score (nSPS) is 21.7. The van der Waals surface area contributed by atoms with Crippen LogP contribution in [0.4, 0.5) is 0 Å². The van der Waals surface area contributed by atoms with Gasteiger partial charge < -0.3 is 20.2 Å². The molecule has 1 saturated carbocycles. The minimum Gasteiger partial charge on any atom is -0.480 e. The van der Waals surface area contributed by atoms with Gasteiger partial charge >= 0.3 is 0 Å². The second kappa shape index (κ2) is 6.06. The van der Waals surface area contributed by atoms with E-state index in [0.29, 0.717) is 23.9 Å². The van der Waals surface area contributed by atoms with E-state index in [0.717, 1.165) is 30.6 Å². The number of amidine groups is 1. The van der Waals surface area contributed by atoms with Crippen molar-refractivity contribution in [2.45, 2.75) is 45.3 Å². The van der Waals surface area contributed by atoms with Gasteiger partial charge in [-0.2, -0.15) is 0 Å². The number of carbonyl (C=O) groups excluding carboxylic acids is 1. The molecule has 1 saturated heterocycles. The van der Waals surface area contributed by atoms with Crippen molar-refractivity contribution in [2.24, 2.45) is 10.9 Å². The van der Waals surface area contributed by atoms with E-state index in [4.69, 9.17) is 15.3 Å². The van der Waals surface area contributed by atoms with Crippen molar-refractivity contribution in [3.8, 4) is 5.88 Å². The molecule has 1 aromatic heterocycles. The molecular formula is C16H22N4O3. The number of pyridine rings is 1. The summed E-state index contributed by atoms with van der Waals surface area (Å²) in [5.41, 5.74) is 8.37. The zero-order valence-electron chi connectivity index (χ0n) is 13.7. The number of nitrogens with zero attached hydrogens (tertiary/aromatic N) is 3. The number of oxime groups is 1. The molecule has 1 unspecified atom stereocenters. The van der Waals surface area contributed by atoms with Gasteiger partial charge in [-0.05, 0) is 38.3 Å². The van der Waals surface area contributed by atoms with Crippen LogP contribution in [0.2, 0.25) is 0 Å². The Bertz CT molecular complexity index is 655. The monoisotopic (exact) mass is 318 g/mol. The maximum absolute atomic E-state index is 12.2. The Balaban J connectivity index is 1.74. The highest BCUT2D eigenvalue weighted by molar-refractivity contribution is 6.00. The summed E-state index contributed by atoms with van der Waals surface area (Å²) in [5, 5.41) is 3.97. The molecule has 1 aliphatic heterocycles. The van der Waals surface area contributed by atoms with Crippen molar-refractivity contribution < 1.29 is 14.4 Å². The number of ether oxygens (including phenoxy) is 1. The maximum Gasteiger partial charge on any atom is 0.266 e. The van der Waals surface area contributed by atoms with E-state index in [1.165, 1.54) is 7.11 Å². The van der Waals surface area contributed by atoms with Crippen molar-refractivity contribution in [3.05, 3.63) is 22.9 Å². The van der Waals surface area contributed by atoms with Crippen LogP contribution in [0.5, 0.6) is 5.88 Å². The number of amides is 1. The minimum absolute atomic E-state index is 0.00904. The quantitative estimate of drug-likeness (QED) is 0.499. The molecule has 2 aliphatic rings. The van der Waals surface area contributed by atoms with Gasteiger partial charge in [0, 0.05) is 24.7 Å². The first-order valence-corrected chi connectivity index (χ1v) is 7.83. The molecule has 7 heteroatoms. The summed E-state index contributed by atoms with van der Waals surface area (Å²) >= 11 is 0. The van der Waals surface area contributed by atoms with E-state index in [9.17, 15) is 4.79 Å². The average Bonchev–Trinajstić information content (AvgIpc) is 3.28. The lowest BCUT2D eigenvalue weighted by molar-refractivity contribution is -0.137. The van der Waals surface area contributed by atoms with Crippen LogP contribution in [-0.4, -0.2) is 47.4 Å². The lowest BCUT2D eigenvalue weighted by Gasteiger charge is -2.15. The Kier molecular flexibility index (Phi) is 4.11. The molecule has 0 spiro atoms. The third-order valence-electron chi connectivity index (χ3n) is 4.22. The van der Waals surface area contributed by atoms with Crippen LogP contribution in [0.25, 0.3) is 0 Å². The number of rotatable bonds is 5. The highest BCUT2D eigenvalue weighted by Crippen LogP contribution is 2.31. The highest BCUT2D eigenvalue weighted by Gasteiger charge is 2.41. The van der Waals surface area contributed by atoms with E-state index in [1.807, 2.05) is 24.8 Å². The first-order valence-electron chi connectivity index (χ1n) is 7.83. The molecule has 0 aromatic carbocycles. The van der Waals surface area contributed by atoms with Gasteiger partial charge in [-0.3, -0.25) is 4.79 Å². The summed E-state index contributed by atoms with van der Waals surface area (Å²) in [7, 11) is 1.53. The molecule has 1 aromatic rings. The minimum atomic E-state index is -0.543. The van der Waals surface area contributed by atoms with Gasteiger partial charge in [-0.1, -0.05) is 5.16 Å². The number of aryl methyl sites for hydroxylation is 2. The lowest BCUT2D eigenvalue weighted by atomic mass is 10.1. The summed E-state index contributed by atoms with van der Waals surface area (Å²) in [6.45, 7) is 4.52. The Hall–Kier alpha value is -2.31. The molecular weight excluding hydrogens is 296 g/mol. The van der Waals surface area contributed by atoms with Crippen molar-refractivity contribution in [3.63, 3.8) is 0 Å². The number of aromatic nitrogens is 1. The maximum atomic E-state index is 12.2. The van der Waals surface area contributed by atoms with Gasteiger partial charge in [0.25, 0.3) is 5.91 Å². The first-order chi connectivity index (χ1) is 11.0. The topological polar surface area (TPSA) is 90.0 Å². The highest BCUT2D eigenvalue weighted by atomic mass is 16.6. The standard InChI is InChI=1S/C16H22N4O3/c1-9-8-10(2)18-15(22-3)13(9)14(17)19-23-12-6-7-20(16(12)21)11-4-5-11/h8,11-12H,4-7H2,1-3H3,(H2,17,19). The predicted octanol–water partition coefficient (Wildman–Crippen LogP) is 1.11. The molecule has 0 bridgehead atoms. The molecule has 1 aliphatic carbocycles. The van der Waals surface area contributed by atoms with Gasteiger partial charge in [-0.15, -0.1) is 0 Å². The van der Waals surface area contributed by atoms with Gasteiger partial charge in [0.15, 0.2) is 5.84 Å². The fourth-order valence-electron chi connectivity index (χ4n) is 2.95. The molecule has 1 atom stereocenters. The third kappa shape index (κ3) is 3.09. The summed E-state index contributed by atoms with van der Waals surface area (Å²) in [6.07, 6.45) is 2.29. The van der Waals surface area contributed by atoms with Crippen LogP contribution in [-0.2, 0) is 9.63 Å². The Morgan fingerprint density at radius 2 is 2.13 bits per heavy atom. The zero-order valence-corrected chi connectivity index (χ0v) is 13.7. The molecule has 3 rings (SSSR count). The molecule has 7 nitrogen and oxygen atoms in total. The molecule has 23 heavy (non-hydrogen) atoms. The number of nitrogens with two attached hydrogens (primary N) is 1. The first kappa shape index (κ1) is 15.6. The van der Waals surface area contributed by atoms with E-state index in [-0.39, 0.29) is 11.7 Å². The van der Waals surface area contributed by atoms with Crippen LogP contribution >= 0.6 is 0 Å². The third-order valence-corrected chi connectivity index (χ3v) is 4.22. The van der Waals surface area contributed by atoms with E-state index in [1.54, 1.807) is 0 Å². The lowest BCUT2D eigenvalue weighted by Crippen LogP contribution is -2.32. The van der Waals surface area contributed by atoms with Crippen LogP contribution in [0.1, 0.15) is 36.1 Å². The smallest absolute Gasteiger partial charge is 0.266 e. The summed E-state index contributed by atoms with van der Waals surface area (Å²) in [4.78, 5) is 23.8. The zero-order chi connectivity index (χ0) is 16.6.